The summed E-state index contributed by atoms with van der Waals surface area (Å²) in [7, 11) is 3.07. The molecule has 10 heteroatoms. The normalized spacial score (nSPS) is 10.8. The summed E-state index contributed by atoms with van der Waals surface area (Å²) in [5.41, 5.74) is 1.27. The molecule has 2 amide bonds. The van der Waals surface area contributed by atoms with Gasteiger partial charge in [0, 0.05) is 29.6 Å². The molecule has 0 spiro atoms. The van der Waals surface area contributed by atoms with Crippen molar-refractivity contribution >= 4 is 39.1 Å². The van der Waals surface area contributed by atoms with Gasteiger partial charge in [0.15, 0.2) is 11.5 Å². The maximum atomic E-state index is 12.7. The van der Waals surface area contributed by atoms with Crippen molar-refractivity contribution in [3.05, 3.63) is 45.3 Å². The van der Waals surface area contributed by atoms with E-state index in [4.69, 9.17) is 9.47 Å². The Balaban J connectivity index is 1.47. The van der Waals surface area contributed by atoms with E-state index in [1.807, 2.05) is 13.8 Å². The van der Waals surface area contributed by atoms with Crippen molar-refractivity contribution in [3.8, 4) is 11.5 Å². The van der Waals surface area contributed by atoms with Gasteiger partial charge < -0.3 is 20.1 Å². The molecule has 0 aliphatic rings. The van der Waals surface area contributed by atoms with Gasteiger partial charge in [0.2, 0.25) is 11.8 Å². The van der Waals surface area contributed by atoms with Gasteiger partial charge >= 0.3 is 0 Å². The van der Waals surface area contributed by atoms with Crippen LogP contribution in [0, 0.1) is 13.8 Å². The zero-order chi connectivity index (χ0) is 23.3. The third-order valence-corrected chi connectivity index (χ3v) is 6.16. The third kappa shape index (κ3) is 5.25. The van der Waals surface area contributed by atoms with Gasteiger partial charge in [-0.15, -0.1) is 11.3 Å². The molecule has 2 aromatic heterocycles. The minimum absolute atomic E-state index is 0.117. The molecule has 0 saturated carbocycles. The summed E-state index contributed by atoms with van der Waals surface area (Å²) >= 11 is 1.47. The van der Waals surface area contributed by atoms with Crippen LogP contribution in [0.25, 0.3) is 10.2 Å². The van der Waals surface area contributed by atoms with Crippen LogP contribution in [0.5, 0.6) is 11.5 Å². The first kappa shape index (κ1) is 23.3. The number of rotatable bonds is 9. The number of ether oxygens (including phenoxy) is 2. The van der Waals surface area contributed by atoms with Crippen molar-refractivity contribution in [2.75, 3.05) is 26.1 Å². The lowest BCUT2D eigenvalue weighted by Gasteiger charge is -2.11. The molecule has 9 nitrogen and oxygen atoms in total. The quantitative estimate of drug-likeness (QED) is 0.477. The van der Waals surface area contributed by atoms with E-state index in [0.717, 1.165) is 10.4 Å². The van der Waals surface area contributed by atoms with Crippen LogP contribution >= 0.6 is 11.3 Å². The Kier molecular flexibility index (Phi) is 7.47. The number of fused-ring (bicyclic) bond motifs is 1. The second-order valence-corrected chi connectivity index (χ2v) is 8.42. The van der Waals surface area contributed by atoms with Gasteiger partial charge in [-0.2, -0.15) is 0 Å². The molecule has 32 heavy (non-hydrogen) atoms. The van der Waals surface area contributed by atoms with Gasteiger partial charge in [0.05, 0.1) is 25.9 Å². The van der Waals surface area contributed by atoms with Crippen molar-refractivity contribution in [2.24, 2.45) is 0 Å². The summed E-state index contributed by atoms with van der Waals surface area (Å²) in [5.74, 6) is 0.609. The van der Waals surface area contributed by atoms with Crippen LogP contribution in [0.4, 0.5) is 5.69 Å². The molecular formula is C22H26N4O5S. The highest BCUT2D eigenvalue weighted by molar-refractivity contribution is 7.18. The van der Waals surface area contributed by atoms with E-state index in [9.17, 15) is 14.4 Å². The van der Waals surface area contributed by atoms with E-state index in [2.05, 4.69) is 15.6 Å². The van der Waals surface area contributed by atoms with Crippen molar-refractivity contribution in [2.45, 2.75) is 33.2 Å². The monoisotopic (exact) mass is 458 g/mol. The van der Waals surface area contributed by atoms with Crippen LogP contribution < -0.4 is 25.7 Å². The maximum Gasteiger partial charge on any atom is 0.262 e. The number of thiophene rings is 1. The van der Waals surface area contributed by atoms with Gasteiger partial charge in [-0.1, -0.05) is 0 Å². The smallest absolute Gasteiger partial charge is 0.262 e. The van der Waals surface area contributed by atoms with Crippen molar-refractivity contribution in [1.82, 2.24) is 14.9 Å². The molecule has 0 aliphatic heterocycles. The van der Waals surface area contributed by atoms with E-state index in [-0.39, 0.29) is 30.3 Å². The third-order valence-electron chi connectivity index (χ3n) is 5.04. The number of hydrogen-bond donors (Lipinski definition) is 2. The SMILES string of the molecule is COc1ccc(NC(=O)CCCNC(=O)Cn2cnc3sc(C)c(C)c3c2=O)cc1OC. The standard InChI is InChI=1S/C22H26N4O5S/c1-13-14(2)32-21-20(13)22(29)26(12-24-21)11-19(28)23-9-5-6-18(27)25-15-7-8-16(30-3)17(10-15)31-4/h7-8,10,12H,5-6,9,11H2,1-4H3,(H,23,28)(H,25,27). The van der Waals surface area contributed by atoms with Gasteiger partial charge in [0.25, 0.3) is 5.56 Å². The summed E-state index contributed by atoms with van der Waals surface area (Å²) in [4.78, 5) is 43.1. The Bertz CT molecular complexity index is 1200. The first-order valence-electron chi connectivity index (χ1n) is 10.1. The molecule has 0 aliphatic carbocycles. The van der Waals surface area contributed by atoms with Crippen molar-refractivity contribution in [1.29, 1.82) is 0 Å². The topological polar surface area (TPSA) is 112 Å². The number of carbonyl (C=O) groups is 2. The molecule has 2 N–H and O–H groups in total. The lowest BCUT2D eigenvalue weighted by atomic mass is 10.2. The summed E-state index contributed by atoms with van der Waals surface area (Å²) in [6, 6.07) is 5.11. The molecule has 0 fully saturated rings. The van der Waals surface area contributed by atoms with E-state index >= 15 is 0 Å². The van der Waals surface area contributed by atoms with Crippen molar-refractivity contribution < 1.29 is 19.1 Å². The number of methoxy groups -OCH3 is 2. The van der Waals surface area contributed by atoms with Crippen molar-refractivity contribution in [3.63, 3.8) is 0 Å². The average molecular weight is 459 g/mol. The van der Waals surface area contributed by atoms with Crippen LogP contribution in [0.2, 0.25) is 0 Å². The van der Waals surface area contributed by atoms with Crippen LogP contribution in [-0.2, 0) is 16.1 Å². The molecule has 3 aromatic rings. The van der Waals surface area contributed by atoms with E-state index in [1.54, 1.807) is 25.3 Å². The second-order valence-electron chi connectivity index (χ2n) is 7.21. The van der Waals surface area contributed by atoms with Gasteiger partial charge in [-0.3, -0.25) is 19.0 Å². The maximum absolute atomic E-state index is 12.7. The largest absolute Gasteiger partial charge is 0.493 e. The highest BCUT2D eigenvalue weighted by Crippen LogP contribution is 2.29. The Morgan fingerprint density at radius 1 is 1.12 bits per heavy atom. The summed E-state index contributed by atoms with van der Waals surface area (Å²) in [6.07, 6.45) is 2.09. The Labute approximate surface area is 189 Å². The van der Waals surface area contributed by atoms with E-state index in [1.165, 1.54) is 29.3 Å². The lowest BCUT2D eigenvalue weighted by Crippen LogP contribution is -2.33. The minimum Gasteiger partial charge on any atom is -0.493 e. The Morgan fingerprint density at radius 2 is 1.88 bits per heavy atom. The molecular weight excluding hydrogens is 432 g/mol. The summed E-state index contributed by atoms with van der Waals surface area (Å²) < 4.78 is 11.7. The summed E-state index contributed by atoms with van der Waals surface area (Å²) in [5, 5.41) is 6.09. The number of carbonyl (C=O) groups excluding carboxylic acids is 2. The molecule has 170 valence electrons. The Hall–Kier alpha value is -3.40. The second kappa shape index (κ2) is 10.3. The van der Waals surface area contributed by atoms with E-state index in [0.29, 0.717) is 40.4 Å². The fraction of sp³-hybridized carbons (Fsp3) is 0.364. The number of anilines is 1. The molecule has 0 radical (unpaired) electrons. The van der Waals surface area contributed by atoms with Crippen LogP contribution in [-0.4, -0.2) is 42.1 Å². The highest BCUT2D eigenvalue weighted by Gasteiger charge is 2.14. The minimum atomic E-state index is -0.307. The first-order chi connectivity index (χ1) is 15.3. The zero-order valence-electron chi connectivity index (χ0n) is 18.5. The molecule has 1 aromatic carbocycles. The molecule has 0 unspecified atom stereocenters. The zero-order valence-corrected chi connectivity index (χ0v) is 19.3. The predicted octanol–water partition coefficient (Wildman–Crippen LogP) is 2.63. The number of nitrogens with one attached hydrogen (secondary N) is 2. The average Bonchev–Trinajstić information content (AvgIpc) is 3.07. The van der Waals surface area contributed by atoms with E-state index < -0.39 is 0 Å². The van der Waals surface area contributed by atoms with Crippen LogP contribution in [0.3, 0.4) is 0 Å². The Morgan fingerprint density at radius 3 is 2.59 bits per heavy atom. The van der Waals surface area contributed by atoms with Gasteiger partial charge in [-0.25, -0.2) is 4.98 Å². The van der Waals surface area contributed by atoms with Crippen LogP contribution in [0.15, 0.2) is 29.3 Å². The lowest BCUT2D eigenvalue weighted by molar-refractivity contribution is -0.122. The number of nitrogens with zero attached hydrogens (tertiary/aromatic N) is 2. The first-order valence-corrected chi connectivity index (χ1v) is 10.9. The molecule has 3 rings (SSSR count). The molecule has 0 atom stereocenters. The summed E-state index contributed by atoms with van der Waals surface area (Å²) in [6.45, 7) is 4.03. The number of hydrogen-bond acceptors (Lipinski definition) is 7. The molecule has 0 bridgehead atoms. The molecule has 0 saturated heterocycles. The number of aryl methyl sites for hydroxylation is 2. The number of aromatic nitrogens is 2. The number of benzene rings is 1. The number of amides is 2. The van der Waals surface area contributed by atoms with Gasteiger partial charge in [0.1, 0.15) is 11.4 Å². The fourth-order valence-corrected chi connectivity index (χ4v) is 4.19. The van der Waals surface area contributed by atoms with Gasteiger partial charge in [-0.05, 0) is 38.0 Å². The van der Waals surface area contributed by atoms with Crippen LogP contribution in [0.1, 0.15) is 23.3 Å². The predicted molar refractivity (Wildman–Crippen MR) is 124 cm³/mol. The molecule has 2 heterocycles. The highest BCUT2D eigenvalue weighted by atomic mass is 32.1. The fourth-order valence-electron chi connectivity index (χ4n) is 3.21.